The quantitative estimate of drug-likeness (QED) is 0.0456. The first kappa shape index (κ1) is 40.7. The number of allylic oxidation sites excluding steroid dienone is 1. The molecule has 1 rings (SSSR count). The molecule has 1 aliphatic rings. The minimum atomic E-state index is -0.507. The molecule has 0 aromatic heterocycles. The highest BCUT2D eigenvalue weighted by atomic mass is 16.5. The van der Waals surface area contributed by atoms with Crippen molar-refractivity contribution in [1.82, 2.24) is 0 Å². The van der Waals surface area contributed by atoms with E-state index in [1.54, 1.807) is 0 Å². The normalized spacial score (nSPS) is 17.8. The van der Waals surface area contributed by atoms with E-state index in [1.165, 1.54) is 128 Å². The predicted molar refractivity (Wildman–Crippen MR) is 188 cm³/mol. The Labute approximate surface area is 274 Å². The van der Waals surface area contributed by atoms with Crippen LogP contribution in [0.15, 0.2) is 12.2 Å². The molecule has 4 nitrogen and oxygen atoms in total. The van der Waals surface area contributed by atoms with Gasteiger partial charge in [0.15, 0.2) is 0 Å². The van der Waals surface area contributed by atoms with Crippen molar-refractivity contribution in [3.63, 3.8) is 0 Å². The third kappa shape index (κ3) is 20.7. The van der Waals surface area contributed by atoms with Crippen LogP contribution in [-0.2, 0) is 19.1 Å². The number of esters is 2. The Morgan fingerprint density at radius 1 is 0.545 bits per heavy atom. The van der Waals surface area contributed by atoms with Gasteiger partial charge in [-0.05, 0) is 50.4 Å². The van der Waals surface area contributed by atoms with E-state index < -0.39 is 11.8 Å². The summed E-state index contributed by atoms with van der Waals surface area (Å²) in [7, 11) is 0. The molecule has 0 spiro atoms. The van der Waals surface area contributed by atoms with Crippen molar-refractivity contribution >= 4 is 11.9 Å². The molecule has 0 amide bonds. The maximum atomic E-state index is 13.4. The van der Waals surface area contributed by atoms with Gasteiger partial charge in [0.25, 0.3) is 0 Å². The van der Waals surface area contributed by atoms with Crippen molar-refractivity contribution in [3.05, 3.63) is 12.2 Å². The summed E-state index contributed by atoms with van der Waals surface area (Å²) in [6.45, 7) is 10.0. The first-order chi connectivity index (χ1) is 21.6. The highest BCUT2D eigenvalue weighted by molar-refractivity contribution is 5.84. The summed E-state index contributed by atoms with van der Waals surface area (Å²) in [4.78, 5) is 26.7. The summed E-state index contributed by atoms with van der Waals surface area (Å²) in [5, 5.41) is 0. The van der Waals surface area contributed by atoms with Gasteiger partial charge in [0.2, 0.25) is 0 Å². The van der Waals surface area contributed by atoms with Gasteiger partial charge >= 0.3 is 11.9 Å². The summed E-state index contributed by atoms with van der Waals surface area (Å²) in [6.07, 6.45) is 35.5. The summed E-state index contributed by atoms with van der Waals surface area (Å²) < 4.78 is 12.0. The van der Waals surface area contributed by atoms with Crippen LogP contribution in [0.4, 0.5) is 0 Å². The molecule has 0 aliphatic heterocycles. The van der Waals surface area contributed by atoms with Crippen LogP contribution in [0.1, 0.15) is 195 Å². The standard InChI is InChI=1S/C40H74O4/c1-5-9-13-17-19-23-29-35(27-21-15-11-7-3)33-43-39(41)37-31-25-26-32-38(37)40(42)44-34-36(28-22-16-12-8-4)30-24-20-18-14-10-6-2/h25,31,35-38H,5-24,26-30,32-34H2,1-4H3. The zero-order valence-electron chi connectivity index (χ0n) is 29.9. The zero-order valence-corrected chi connectivity index (χ0v) is 29.9. The van der Waals surface area contributed by atoms with E-state index in [2.05, 4.69) is 27.7 Å². The van der Waals surface area contributed by atoms with E-state index >= 15 is 0 Å². The molecule has 0 saturated heterocycles. The zero-order chi connectivity index (χ0) is 32.1. The van der Waals surface area contributed by atoms with Crippen molar-refractivity contribution in [1.29, 1.82) is 0 Å². The lowest BCUT2D eigenvalue weighted by Crippen LogP contribution is -2.34. The fraction of sp³-hybridized carbons (Fsp3) is 0.900. The summed E-state index contributed by atoms with van der Waals surface area (Å²) >= 11 is 0. The lowest BCUT2D eigenvalue weighted by atomic mass is 9.84. The van der Waals surface area contributed by atoms with Crippen molar-refractivity contribution in [3.8, 4) is 0 Å². The Morgan fingerprint density at radius 2 is 0.909 bits per heavy atom. The van der Waals surface area contributed by atoms with E-state index in [9.17, 15) is 9.59 Å². The second-order valence-corrected chi connectivity index (χ2v) is 13.9. The molecule has 4 atom stereocenters. The van der Waals surface area contributed by atoms with E-state index in [1.807, 2.05) is 12.2 Å². The van der Waals surface area contributed by atoms with Gasteiger partial charge in [-0.15, -0.1) is 0 Å². The van der Waals surface area contributed by atoms with Crippen LogP contribution in [0.5, 0.6) is 0 Å². The van der Waals surface area contributed by atoms with Gasteiger partial charge in [-0.3, -0.25) is 9.59 Å². The highest BCUT2D eigenvalue weighted by Crippen LogP contribution is 2.29. The minimum Gasteiger partial charge on any atom is -0.465 e. The molecule has 258 valence electrons. The molecule has 0 heterocycles. The van der Waals surface area contributed by atoms with Crippen LogP contribution >= 0.6 is 0 Å². The van der Waals surface area contributed by atoms with Crippen molar-refractivity contribution < 1.29 is 19.1 Å². The van der Waals surface area contributed by atoms with E-state index in [4.69, 9.17) is 9.47 Å². The first-order valence-corrected chi connectivity index (χ1v) is 19.6. The first-order valence-electron chi connectivity index (χ1n) is 19.6. The lowest BCUT2D eigenvalue weighted by molar-refractivity contribution is -0.161. The molecule has 0 bridgehead atoms. The number of hydrogen-bond acceptors (Lipinski definition) is 4. The third-order valence-electron chi connectivity index (χ3n) is 9.78. The van der Waals surface area contributed by atoms with Crippen LogP contribution < -0.4 is 0 Å². The Morgan fingerprint density at radius 3 is 1.34 bits per heavy atom. The van der Waals surface area contributed by atoms with Gasteiger partial charge in [0.1, 0.15) is 0 Å². The highest BCUT2D eigenvalue weighted by Gasteiger charge is 2.36. The van der Waals surface area contributed by atoms with Gasteiger partial charge in [0.05, 0.1) is 25.0 Å². The topological polar surface area (TPSA) is 52.6 Å². The molecular formula is C40H74O4. The maximum Gasteiger partial charge on any atom is 0.313 e. The monoisotopic (exact) mass is 619 g/mol. The van der Waals surface area contributed by atoms with Gasteiger partial charge in [-0.2, -0.15) is 0 Å². The molecule has 4 unspecified atom stereocenters. The molecule has 0 aromatic rings. The fourth-order valence-electron chi connectivity index (χ4n) is 6.71. The van der Waals surface area contributed by atoms with Crippen molar-refractivity contribution in [2.45, 2.75) is 195 Å². The fourth-order valence-corrected chi connectivity index (χ4v) is 6.71. The van der Waals surface area contributed by atoms with Crippen molar-refractivity contribution in [2.75, 3.05) is 13.2 Å². The summed E-state index contributed by atoms with van der Waals surface area (Å²) in [6, 6.07) is 0. The molecule has 0 fully saturated rings. The molecule has 44 heavy (non-hydrogen) atoms. The minimum absolute atomic E-state index is 0.194. The van der Waals surface area contributed by atoms with Crippen molar-refractivity contribution in [2.24, 2.45) is 23.7 Å². The molecule has 0 radical (unpaired) electrons. The largest absolute Gasteiger partial charge is 0.465 e. The number of hydrogen-bond donors (Lipinski definition) is 0. The maximum absolute atomic E-state index is 13.4. The second kappa shape index (κ2) is 29.1. The number of ether oxygens (including phenoxy) is 2. The smallest absolute Gasteiger partial charge is 0.313 e. The third-order valence-corrected chi connectivity index (χ3v) is 9.78. The SMILES string of the molecule is CCCCCCCCC(CCCCCC)COC(=O)C1C=CCCC1C(=O)OCC(CCCCCC)CCCCCCCC. The van der Waals surface area contributed by atoms with E-state index in [0.717, 1.165) is 32.1 Å². The molecule has 0 N–H and O–H groups in total. The molecule has 1 aliphatic carbocycles. The number of carbonyl (C=O) groups excluding carboxylic acids is 2. The van der Waals surface area contributed by atoms with Crippen LogP contribution in [0, 0.1) is 23.7 Å². The van der Waals surface area contributed by atoms with Crippen LogP contribution in [-0.4, -0.2) is 25.2 Å². The van der Waals surface area contributed by atoms with Gasteiger partial charge in [-0.25, -0.2) is 0 Å². The number of carbonyl (C=O) groups is 2. The van der Waals surface area contributed by atoms with Crippen LogP contribution in [0.2, 0.25) is 0 Å². The van der Waals surface area contributed by atoms with Crippen LogP contribution in [0.3, 0.4) is 0 Å². The van der Waals surface area contributed by atoms with Gasteiger partial charge < -0.3 is 9.47 Å². The number of rotatable bonds is 30. The number of unbranched alkanes of at least 4 members (excludes halogenated alkanes) is 16. The van der Waals surface area contributed by atoms with Gasteiger partial charge in [-0.1, -0.05) is 168 Å². The van der Waals surface area contributed by atoms with E-state index in [0.29, 0.717) is 31.5 Å². The predicted octanol–water partition coefficient (Wildman–Crippen LogP) is 12.3. The summed E-state index contributed by atoms with van der Waals surface area (Å²) in [5.41, 5.74) is 0. The Hall–Kier alpha value is -1.32. The molecule has 4 heteroatoms. The summed E-state index contributed by atoms with van der Waals surface area (Å²) in [5.74, 6) is -0.484. The van der Waals surface area contributed by atoms with E-state index in [-0.39, 0.29) is 11.9 Å². The Bertz CT molecular complexity index is 701. The Balaban J connectivity index is 2.63. The average molecular weight is 619 g/mol. The van der Waals surface area contributed by atoms with Crippen LogP contribution in [0.25, 0.3) is 0 Å². The lowest BCUT2D eigenvalue weighted by Gasteiger charge is -2.26. The second-order valence-electron chi connectivity index (χ2n) is 13.9. The Kier molecular flexibility index (Phi) is 26.9. The van der Waals surface area contributed by atoms with Gasteiger partial charge in [0, 0.05) is 0 Å². The molecular weight excluding hydrogens is 544 g/mol. The molecule has 0 aromatic carbocycles. The average Bonchev–Trinajstić information content (AvgIpc) is 3.04. The molecule has 0 saturated carbocycles.